The molecule has 2 aliphatic rings. The van der Waals surface area contributed by atoms with E-state index in [1.165, 1.54) is 16.2 Å². The summed E-state index contributed by atoms with van der Waals surface area (Å²) < 4.78 is 5.87. The summed E-state index contributed by atoms with van der Waals surface area (Å²) >= 11 is 1.52. The summed E-state index contributed by atoms with van der Waals surface area (Å²) in [5.74, 6) is 1.46. The van der Waals surface area contributed by atoms with Gasteiger partial charge in [0.2, 0.25) is 5.95 Å². The summed E-state index contributed by atoms with van der Waals surface area (Å²) in [5.41, 5.74) is 8.73. The minimum absolute atomic E-state index is 0.338. The van der Waals surface area contributed by atoms with Crippen molar-refractivity contribution < 1.29 is 4.52 Å². The predicted octanol–water partition coefficient (Wildman–Crippen LogP) is 3.43. The molecule has 8 nitrogen and oxygen atoms in total. The molecule has 0 spiro atoms. The zero-order valence-corrected chi connectivity index (χ0v) is 19.4. The van der Waals surface area contributed by atoms with Crippen LogP contribution in [0.1, 0.15) is 48.5 Å². The number of nitrogen functional groups attached to an aromatic ring is 1. The van der Waals surface area contributed by atoms with Gasteiger partial charge in [-0.25, -0.2) is 9.97 Å². The number of likely N-dealkylation sites (N-methyl/N-ethyl adjacent to an activating group) is 1. The molecule has 0 saturated carbocycles. The van der Waals surface area contributed by atoms with E-state index in [0.29, 0.717) is 22.3 Å². The number of nitriles is 1. The van der Waals surface area contributed by atoms with Crippen molar-refractivity contribution in [1.82, 2.24) is 20.0 Å². The molecule has 2 atom stereocenters. The molecular weight excluding hydrogens is 422 g/mol. The average molecular weight is 450 g/mol. The van der Waals surface area contributed by atoms with Crippen molar-refractivity contribution in [2.75, 3.05) is 37.3 Å². The minimum Gasteiger partial charge on any atom is -0.389 e. The van der Waals surface area contributed by atoms with E-state index in [4.69, 9.17) is 15.2 Å². The van der Waals surface area contributed by atoms with Crippen molar-refractivity contribution >= 4 is 22.3 Å². The highest BCUT2D eigenvalue weighted by Crippen LogP contribution is 2.49. The molecule has 32 heavy (non-hydrogen) atoms. The Hall–Kier alpha value is -2.96. The fourth-order valence-corrected chi connectivity index (χ4v) is 6.26. The lowest BCUT2D eigenvalue weighted by Crippen LogP contribution is -2.51. The topological polar surface area (TPSA) is 108 Å². The molecule has 0 amide bonds. The molecule has 1 fully saturated rings. The Morgan fingerprint density at radius 1 is 1.34 bits per heavy atom. The van der Waals surface area contributed by atoms with E-state index in [2.05, 4.69) is 46.9 Å². The molecule has 5 rings (SSSR count). The number of anilines is 2. The highest BCUT2D eigenvalue weighted by Gasteiger charge is 2.41. The molecule has 1 saturated heterocycles. The molecule has 0 bridgehead atoms. The highest BCUT2D eigenvalue weighted by molar-refractivity contribution is 7.16. The lowest BCUT2D eigenvalue weighted by Gasteiger charge is -2.38. The number of thiophene rings is 1. The van der Waals surface area contributed by atoms with Crippen molar-refractivity contribution in [2.24, 2.45) is 0 Å². The molecule has 3 aromatic heterocycles. The molecule has 2 N–H and O–H groups in total. The first-order valence-corrected chi connectivity index (χ1v) is 11.8. The number of fused-ring (bicyclic) bond motifs is 1. The first kappa shape index (κ1) is 20.9. The van der Waals surface area contributed by atoms with E-state index < -0.39 is 5.41 Å². The largest absolute Gasteiger partial charge is 0.389 e. The van der Waals surface area contributed by atoms with Crippen LogP contribution in [0, 0.1) is 11.3 Å². The second-order valence-corrected chi connectivity index (χ2v) is 10.2. The third kappa shape index (κ3) is 3.34. The first-order chi connectivity index (χ1) is 15.4. The smallest absolute Gasteiger partial charge is 0.226 e. The number of nitrogens with zero attached hydrogens (tertiary/aromatic N) is 6. The van der Waals surface area contributed by atoms with Crippen molar-refractivity contribution in [1.29, 1.82) is 5.26 Å². The van der Waals surface area contributed by atoms with Gasteiger partial charge < -0.3 is 20.1 Å². The lowest BCUT2D eigenvalue weighted by molar-refractivity contribution is 0.273. The van der Waals surface area contributed by atoms with Gasteiger partial charge in [0.15, 0.2) is 0 Å². The zero-order chi connectivity index (χ0) is 22.5. The second kappa shape index (κ2) is 7.87. The number of piperazine rings is 1. The van der Waals surface area contributed by atoms with Gasteiger partial charge in [0, 0.05) is 42.8 Å². The lowest BCUT2D eigenvalue weighted by atomic mass is 9.71. The van der Waals surface area contributed by atoms with E-state index in [0.717, 1.165) is 61.9 Å². The molecule has 1 aliphatic carbocycles. The maximum absolute atomic E-state index is 9.72. The number of nitrogens with two attached hydrogens (primary N) is 1. The van der Waals surface area contributed by atoms with Gasteiger partial charge >= 0.3 is 0 Å². The number of rotatable bonds is 3. The van der Waals surface area contributed by atoms with Crippen molar-refractivity contribution in [3.8, 4) is 17.5 Å². The standard InChI is InChI=1S/C23H27N7OS/c1-14-13-29(3)9-10-30(14)22-26-8-6-16(27-22)17-11-19(31-28-17)23(2)7-4-5-18-20(23)15(12-24)21(25)32-18/h6,8,11,14H,4-5,7,9-10,13,25H2,1-3H3/t14-,23+/m0/s1. The van der Waals surface area contributed by atoms with Crippen LogP contribution in [0.2, 0.25) is 0 Å². The quantitative estimate of drug-likeness (QED) is 0.648. The molecule has 1 aliphatic heterocycles. The van der Waals surface area contributed by atoms with Crippen LogP contribution < -0.4 is 10.6 Å². The Bertz CT molecular complexity index is 1200. The Kier molecular flexibility index (Phi) is 5.14. The van der Waals surface area contributed by atoms with E-state index in [-0.39, 0.29) is 0 Å². The summed E-state index contributed by atoms with van der Waals surface area (Å²) in [6, 6.07) is 6.48. The monoisotopic (exact) mass is 449 g/mol. The SMILES string of the molecule is C[C@H]1CN(C)CCN1c1nccc(-c2cc([C@@]3(C)CCCc4sc(N)c(C#N)c43)on2)n1. The predicted molar refractivity (Wildman–Crippen MR) is 125 cm³/mol. The van der Waals surface area contributed by atoms with Gasteiger partial charge in [-0.3, -0.25) is 0 Å². The van der Waals surface area contributed by atoms with Gasteiger partial charge in [-0.15, -0.1) is 11.3 Å². The van der Waals surface area contributed by atoms with Crippen LogP contribution in [0.25, 0.3) is 11.4 Å². The zero-order valence-electron chi connectivity index (χ0n) is 18.6. The van der Waals surface area contributed by atoms with Gasteiger partial charge in [-0.1, -0.05) is 5.16 Å². The van der Waals surface area contributed by atoms with Crippen LogP contribution in [0.15, 0.2) is 22.9 Å². The van der Waals surface area contributed by atoms with Crippen LogP contribution in [0.5, 0.6) is 0 Å². The highest BCUT2D eigenvalue weighted by atomic mass is 32.1. The molecule has 0 aromatic carbocycles. The Labute approximate surface area is 191 Å². The van der Waals surface area contributed by atoms with E-state index in [1.807, 2.05) is 12.1 Å². The number of hydrogen-bond acceptors (Lipinski definition) is 9. The molecule has 9 heteroatoms. The van der Waals surface area contributed by atoms with Crippen LogP contribution in [-0.2, 0) is 11.8 Å². The van der Waals surface area contributed by atoms with Gasteiger partial charge in [0.25, 0.3) is 0 Å². The number of aromatic nitrogens is 3. The van der Waals surface area contributed by atoms with Gasteiger partial charge in [0.05, 0.1) is 16.7 Å². The van der Waals surface area contributed by atoms with E-state index in [9.17, 15) is 5.26 Å². The maximum Gasteiger partial charge on any atom is 0.226 e. The normalized spacial score (nSPS) is 23.7. The van der Waals surface area contributed by atoms with Gasteiger partial charge in [-0.05, 0) is 51.8 Å². The number of hydrogen-bond donors (Lipinski definition) is 1. The van der Waals surface area contributed by atoms with Crippen LogP contribution in [-0.4, -0.2) is 52.7 Å². The molecule has 0 radical (unpaired) electrons. The summed E-state index contributed by atoms with van der Waals surface area (Å²) in [5, 5.41) is 14.7. The van der Waals surface area contributed by atoms with Crippen LogP contribution >= 0.6 is 11.3 Å². The molecule has 3 aromatic rings. The fourth-order valence-electron chi connectivity index (χ4n) is 5.06. The van der Waals surface area contributed by atoms with Crippen LogP contribution in [0.4, 0.5) is 10.9 Å². The Morgan fingerprint density at radius 2 is 2.19 bits per heavy atom. The fraction of sp³-hybridized carbons (Fsp3) is 0.478. The first-order valence-electron chi connectivity index (χ1n) is 11.0. The summed E-state index contributed by atoms with van der Waals surface area (Å²) in [6.45, 7) is 7.17. The molecule has 0 unspecified atom stereocenters. The average Bonchev–Trinajstić information content (AvgIpc) is 3.39. The van der Waals surface area contributed by atoms with Crippen molar-refractivity contribution in [2.45, 2.75) is 44.6 Å². The van der Waals surface area contributed by atoms with Gasteiger partial charge in [-0.2, -0.15) is 5.26 Å². The number of aryl methyl sites for hydroxylation is 1. The third-order valence-corrected chi connectivity index (χ3v) is 7.88. The summed E-state index contributed by atoms with van der Waals surface area (Å²) in [7, 11) is 2.14. The van der Waals surface area contributed by atoms with E-state index in [1.54, 1.807) is 6.20 Å². The second-order valence-electron chi connectivity index (χ2n) is 9.06. The van der Waals surface area contributed by atoms with Crippen LogP contribution in [0.3, 0.4) is 0 Å². The minimum atomic E-state index is -0.431. The third-order valence-electron chi connectivity index (χ3n) is 6.80. The maximum atomic E-state index is 9.72. The molecular formula is C23H27N7OS. The molecule has 166 valence electrons. The van der Waals surface area contributed by atoms with Gasteiger partial charge in [0.1, 0.15) is 22.5 Å². The Morgan fingerprint density at radius 3 is 2.97 bits per heavy atom. The summed E-state index contributed by atoms with van der Waals surface area (Å²) in [6.07, 6.45) is 4.63. The molecule has 4 heterocycles. The summed E-state index contributed by atoms with van der Waals surface area (Å²) in [4.78, 5) is 15.1. The Balaban J connectivity index is 1.49. The van der Waals surface area contributed by atoms with E-state index >= 15 is 0 Å². The van der Waals surface area contributed by atoms with Crippen molar-refractivity contribution in [3.63, 3.8) is 0 Å². The van der Waals surface area contributed by atoms with Crippen molar-refractivity contribution in [3.05, 3.63) is 40.1 Å².